The molecule has 6 nitrogen and oxygen atoms in total. The molecule has 2 aliphatic heterocycles. The minimum Gasteiger partial charge on any atom is -0.468 e. The number of anilines is 2. The number of carbonyl (C=O) groups is 2. The maximum absolute atomic E-state index is 12.8. The molecule has 2 aromatic rings. The van der Waals surface area contributed by atoms with E-state index in [1.54, 1.807) is 12.1 Å². The molecule has 4 rings (SSSR count). The summed E-state index contributed by atoms with van der Waals surface area (Å²) in [4.78, 5) is 28.4. The molecule has 1 fully saturated rings. The quantitative estimate of drug-likeness (QED) is 0.754. The molecule has 0 aliphatic carbocycles. The third-order valence-electron chi connectivity index (χ3n) is 5.34. The van der Waals surface area contributed by atoms with Gasteiger partial charge in [0.15, 0.2) is 6.23 Å². The molecule has 0 aromatic heterocycles. The number of carbonyl (C=O) groups excluding carboxylic acids is 2. The van der Waals surface area contributed by atoms with Gasteiger partial charge in [-0.25, -0.2) is 4.79 Å². The summed E-state index contributed by atoms with van der Waals surface area (Å²) >= 11 is 0. The molecular formula is C22H24N2O4. The number of nitrogens with zero attached hydrogens (tertiary/aromatic N) is 2. The Labute approximate surface area is 164 Å². The highest BCUT2D eigenvalue weighted by atomic mass is 16.5. The van der Waals surface area contributed by atoms with Crippen molar-refractivity contribution in [1.82, 2.24) is 4.90 Å². The van der Waals surface area contributed by atoms with Gasteiger partial charge in [-0.3, -0.25) is 4.79 Å². The number of fused-ring (bicyclic) bond motifs is 1. The Bertz CT molecular complexity index is 888. The van der Waals surface area contributed by atoms with Crippen LogP contribution in [0.25, 0.3) is 0 Å². The average Bonchev–Trinajstić information content (AvgIpc) is 3.08. The summed E-state index contributed by atoms with van der Waals surface area (Å²) < 4.78 is 10.8. The van der Waals surface area contributed by atoms with Crippen molar-refractivity contribution in [3.8, 4) is 5.75 Å². The summed E-state index contributed by atoms with van der Waals surface area (Å²) in [5.41, 5.74) is 2.99. The molecule has 0 bridgehead atoms. The smallest absolute Gasteiger partial charge is 0.337 e. The first-order valence-electron chi connectivity index (χ1n) is 9.66. The molecule has 1 amide bonds. The van der Waals surface area contributed by atoms with Crippen LogP contribution in [0.5, 0.6) is 5.75 Å². The van der Waals surface area contributed by atoms with Crippen LogP contribution in [0.1, 0.15) is 46.9 Å². The highest BCUT2D eigenvalue weighted by Gasteiger charge is 2.30. The molecule has 2 aliphatic rings. The summed E-state index contributed by atoms with van der Waals surface area (Å²) in [6.45, 7) is 3.61. The Morgan fingerprint density at radius 1 is 1.00 bits per heavy atom. The summed E-state index contributed by atoms with van der Waals surface area (Å²) in [6.07, 6.45) is 3.12. The van der Waals surface area contributed by atoms with Gasteiger partial charge < -0.3 is 19.3 Å². The van der Waals surface area contributed by atoms with E-state index in [0.29, 0.717) is 16.9 Å². The van der Waals surface area contributed by atoms with E-state index in [9.17, 15) is 9.59 Å². The molecule has 146 valence electrons. The van der Waals surface area contributed by atoms with E-state index < -0.39 is 0 Å². The number of benzene rings is 2. The SMILES string of the molecule is COC(=O)c1ccc(N2c3ccc(C(=O)N4CCCCC4)cc3O[C@@H]2C)cc1. The Kier molecular flexibility index (Phi) is 4.94. The van der Waals surface area contributed by atoms with Crippen molar-refractivity contribution in [3.63, 3.8) is 0 Å². The van der Waals surface area contributed by atoms with Crippen LogP contribution < -0.4 is 9.64 Å². The van der Waals surface area contributed by atoms with Gasteiger partial charge in [0.2, 0.25) is 0 Å². The number of rotatable bonds is 3. The summed E-state index contributed by atoms with van der Waals surface area (Å²) in [5, 5.41) is 0. The second kappa shape index (κ2) is 7.54. The lowest BCUT2D eigenvalue weighted by Crippen LogP contribution is -2.35. The first-order valence-corrected chi connectivity index (χ1v) is 9.66. The number of hydrogen-bond donors (Lipinski definition) is 0. The minimum absolute atomic E-state index is 0.0691. The normalized spacial score (nSPS) is 18.4. The maximum atomic E-state index is 12.8. The van der Waals surface area contributed by atoms with Gasteiger partial charge >= 0.3 is 5.97 Å². The topological polar surface area (TPSA) is 59.1 Å². The largest absolute Gasteiger partial charge is 0.468 e. The minimum atomic E-state index is -0.362. The third kappa shape index (κ3) is 3.30. The van der Waals surface area contributed by atoms with Crippen molar-refractivity contribution in [2.24, 2.45) is 0 Å². The number of likely N-dealkylation sites (tertiary alicyclic amines) is 1. The highest BCUT2D eigenvalue weighted by Crippen LogP contribution is 2.42. The van der Waals surface area contributed by atoms with Crippen molar-refractivity contribution >= 4 is 23.3 Å². The predicted molar refractivity (Wildman–Crippen MR) is 106 cm³/mol. The van der Waals surface area contributed by atoms with Crippen molar-refractivity contribution in [2.45, 2.75) is 32.4 Å². The number of esters is 1. The standard InChI is InChI=1S/C22H24N2O4/c1-15-24(18-9-6-16(7-10-18)22(26)27-2)19-11-8-17(14-20(19)28-15)21(25)23-12-4-3-5-13-23/h6-11,14-15H,3-5,12-13H2,1-2H3/t15-/m1/s1. The van der Waals surface area contributed by atoms with E-state index in [4.69, 9.17) is 9.47 Å². The molecule has 0 saturated carbocycles. The number of amides is 1. The Morgan fingerprint density at radius 2 is 1.68 bits per heavy atom. The maximum Gasteiger partial charge on any atom is 0.337 e. The molecule has 2 heterocycles. The fourth-order valence-corrected chi connectivity index (χ4v) is 3.88. The van der Waals surface area contributed by atoms with Crippen LogP contribution in [0.15, 0.2) is 42.5 Å². The molecule has 0 unspecified atom stereocenters. The Balaban J connectivity index is 1.59. The van der Waals surface area contributed by atoms with E-state index in [-0.39, 0.29) is 18.1 Å². The lowest BCUT2D eigenvalue weighted by molar-refractivity contribution is 0.0600. The molecule has 28 heavy (non-hydrogen) atoms. The first-order chi connectivity index (χ1) is 13.6. The average molecular weight is 380 g/mol. The fraction of sp³-hybridized carbons (Fsp3) is 0.364. The van der Waals surface area contributed by atoms with Gasteiger partial charge in [0, 0.05) is 24.3 Å². The van der Waals surface area contributed by atoms with Gasteiger partial charge in [-0.2, -0.15) is 0 Å². The molecule has 0 radical (unpaired) electrons. The zero-order valence-electron chi connectivity index (χ0n) is 16.2. The number of piperidine rings is 1. The van der Waals surface area contributed by atoms with Gasteiger partial charge in [-0.05, 0) is 68.7 Å². The van der Waals surface area contributed by atoms with E-state index in [2.05, 4.69) is 0 Å². The molecule has 2 aromatic carbocycles. The van der Waals surface area contributed by atoms with Crippen molar-refractivity contribution in [1.29, 1.82) is 0 Å². The van der Waals surface area contributed by atoms with Gasteiger partial charge in [-0.1, -0.05) is 0 Å². The van der Waals surface area contributed by atoms with E-state index in [1.165, 1.54) is 13.5 Å². The molecule has 1 saturated heterocycles. The van der Waals surface area contributed by atoms with E-state index >= 15 is 0 Å². The second-order valence-corrected chi connectivity index (χ2v) is 7.16. The lowest BCUT2D eigenvalue weighted by Gasteiger charge is -2.26. The molecule has 0 N–H and O–H groups in total. The van der Waals surface area contributed by atoms with Crippen LogP contribution in [0.2, 0.25) is 0 Å². The van der Waals surface area contributed by atoms with Gasteiger partial charge in [0.05, 0.1) is 18.4 Å². The van der Waals surface area contributed by atoms with Crippen molar-refractivity contribution in [3.05, 3.63) is 53.6 Å². The van der Waals surface area contributed by atoms with Gasteiger partial charge in [0.25, 0.3) is 5.91 Å². The Hall–Kier alpha value is -3.02. The number of methoxy groups -OCH3 is 1. The number of ether oxygens (including phenoxy) is 2. The molecule has 1 atom stereocenters. The van der Waals surface area contributed by atoms with Crippen LogP contribution in [0.4, 0.5) is 11.4 Å². The summed E-state index contributed by atoms with van der Waals surface area (Å²) in [6, 6.07) is 12.9. The van der Waals surface area contributed by atoms with Gasteiger partial charge in [0.1, 0.15) is 5.75 Å². The third-order valence-corrected chi connectivity index (χ3v) is 5.34. The first kappa shape index (κ1) is 18.3. The van der Waals surface area contributed by atoms with Crippen molar-refractivity contribution < 1.29 is 19.1 Å². The zero-order chi connectivity index (χ0) is 19.7. The van der Waals surface area contributed by atoms with Crippen molar-refractivity contribution in [2.75, 3.05) is 25.1 Å². The zero-order valence-corrected chi connectivity index (χ0v) is 16.2. The summed E-state index contributed by atoms with van der Waals surface area (Å²) in [5.74, 6) is 0.408. The molecule has 0 spiro atoms. The summed E-state index contributed by atoms with van der Waals surface area (Å²) in [7, 11) is 1.37. The van der Waals surface area contributed by atoms with E-state index in [0.717, 1.165) is 37.3 Å². The van der Waals surface area contributed by atoms with Crippen LogP contribution in [0, 0.1) is 0 Å². The Morgan fingerprint density at radius 3 is 2.36 bits per heavy atom. The fourth-order valence-electron chi connectivity index (χ4n) is 3.88. The highest BCUT2D eigenvalue weighted by molar-refractivity contribution is 5.96. The van der Waals surface area contributed by atoms with Crippen LogP contribution in [-0.2, 0) is 4.74 Å². The van der Waals surface area contributed by atoms with Gasteiger partial charge in [-0.15, -0.1) is 0 Å². The predicted octanol–water partition coefficient (Wildman–Crippen LogP) is 3.98. The van der Waals surface area contributed by atoms with Crippen LogP contribution in [-0.4, -0.2) is 43.2 Å². The second-order valence-electron chi connectivity index (χ2n) is 7.16. The lowest BCUT2D eigenvalue weighted by atomic mass is 10.1. The van der Waals surface area contributed by atoms with Crippen LogP contribution in [0.3, 0.4) is 0 Å². The monoisotopic (exact) mass is 380 g/mol. The van der Waals surface area contributed by atoms with Crippen LogP contribution >= 0.6 is 0 Å². The van der Waals surface area contributed by atoms with E-state index in [1.807, 2.05) is 47.1 Å². The molecular weight excluding hydrogens is 356 g/mol. The number of hydrogen-bond acceptors (Lipinski definition) is 5. The molecule has 6 heteroatoms.